The van der Waals surface area contributed by atoms with Gasteiger partial charge in [-0.3, -0.25) is 0 Å². The summed E-state index contributed by atoms with van der Waals surface area (Å²) in [7, 11) is 0. The molecule has 0 radical (unpaired) electrons. The largest absolute Gasteiger partial charge is 0.385 e. The van der Waals surface area contributed by atoms with Crippen LogP contribution in [0.15, 0.2) is 29.2 Å². The standard InChI is InChI=1S/C14H21NOS/c1-13(2)10-15-9-8-14(13,16)11-4-6-12(17-3)7-5-11/h4-7,15-16H,8-10H2,1-3H3. The van der Waals surface area contributed by atoms with Gasteiger partial charge in [0.15, 0.2) is 0 Å². The van der Waals surface area contributed by atoms with Crippen LogP contribution in [0.3, 0.4) is 0 Å². The van der Waals surface area contributed by atoms with E-state index in [0.29, 0.717) is 0 Å². The molecule has 17 heavy (non-hydrogen) atoms. The van der Waals surface area contributed by atoms with E-state index in [0.717, 1.165) is 25.1 Å². The van der Waals surface area contributed by atoms with E-state index >= 15 is 0 Å². The Hall–Kier alpha value is -0.510. The highest BCUT2D eigenvalue weighted by Crippen LogP contribution is 2.43. The first-order valence-corrected chi connectivity index (χ1v) is 7.30. The van der Waals surface area contributed by atoms with E-state index in [4.69, 9.17) is 0 Å². The lowest BCUT2D eigenvalue weighted by Crippen LogP contribution is -2.53. The van der Waals surface area contributed by atoms with Crippen LogP contribution < -0.4 is 5.32 Å². The minimum absolute atomic E-state index is 0.133. The Morgan fingerprint density at radius 3 is 2.41 bits per heavy atom. The monoisotopic (exact) mass is 251 g/mol. The fourth-order valence-electron chi connectivity index (χ4n) is 2.56. The molecule has 1 saturated heterocycles. The zero-order valence-electron chi connectivity index (χ0n) is 10.8. The number of nitrogens with one attached hydrogen (secondary N) is 1. The van der Waals surface area contributed by atoms with Crippen LogP contribution in [0.2, 0.25) is 0 Å². The lowest BCUT2D eigenvalue weighted by molar-refractivity contribution is -0.0945. The predicted octanol–water partition coefficient (Wildman–Crippen LogP) is 2.62. The molecule has 0 spiro atoms. The highest BCUT2D eigenvalue weighted by atomic mass is 32.2. The summed E-state index contributed by atoms with van der Waals surface area (Å²) in [5, 5.41) is 14.3. The van der Waals surface area contributed by atoms with Gasteiger partial charge in [0.1, 0.15) is 0 Å². The molecule has 3 heteroatoms. The molecule has 0 saturated carbocycles. The Kier molecular flexibility index (Phi) is 3.53. The minimum Gasteiger partial charge on any atom is -0.385 e. The van der Waals surface area contributed by atoms with Crippen LogP contribution in [-0.4, -0.2) is 24.5 Å². The van der Waals surface area contributed by atoms with Gasteiger partial charge >= 0.3 is 0 Å². The first-order valence-electron chi connectivity index (χ1n) is 6.07. The van der Waals surface area contributed by atoms with Gasteiger partial charge in [-0.05, 0) is 36.9 Å². The molecule has 1 fully saturated rings. The third-order valence-electron chi connectivity index (χ3n) is 3.92. The first-order chi connectivity index (χ1) is 7.99. The summed E-state index contributed by atoms with van der Waals surface area (Å²) < 4.78 is 0. The van der Waals surface area contributed by atoms with Crippen LogP contribution in [0.4, 0.5) is 0 Å². The van der Waals surface area contributed by atoms with Gasteiger partial charge in [0.2, 0.25) is 0 Å². The molecule has 1 aliphatic rings. The molecule has 1 aromatic rings. The van der Waals surface area contributed by atoms with Crippen molar-refractivity contribution in [2.75, 3.05) is 19.3 Å². The fourth-order valence-corrected chi connectivity index (χ4v) is 2.96. The molecule has 0 aliphatic carbocycles. The van der Waals surface area contributed by atoms with E-state index < -0.39 is 5.60 Å². The maximum absolute atomic E-state index is 11.0. The average molecular weight is 251 g/mol. The van der Waals surface area contributed by atoms with Crippen molar-refractivity contribution < 1.29 is 5.11 Å². The van der Waals surface area contributed by atoms with Gasteiger partial charge in [-0.1, -0.05) is 26.0 Å². The van der Waals surface area contributed by atoms with Gasteiger partial charge < -0.3 is 10.4 Å². The summed E-state index contributed by atoms with van der Waals surface area (Å²) in [6.45, 7) is 5.99. The summed E-state index contributed by atoms with van der Waals surface area (Å²) >= 11 is 1.73. The van der Waals surface area contributed by atoms with Crippen LogP contribution in [0, 0.1) is 5.41 Å². The average Bonchev–Trinajstić information content (AvgIpc) is 2.33. The summed E-state index contributed by atoms with van der Waals surface area (Å²) in [6.07, 6.45) is 2.84. The van der Waals surface area contributed by atoms with Crippen molar-refractivity contribution in [1.82, 2.24) is 5.32 Å². The maximum Gasteiger partial charge on any atom is 0.0971 e. The molecular weight excluding hydrogens is 230 g/mol. The Labute approximate surface area is 108 Å². The Morgan fingerprint density at radius 1 is 1.24 bits per heavy atom. The molecule has 2 nitrogen and oxygen atoms in total. The second-order valence-corrected chi connectivity index (χ2v) is 6.28. The number of hydrogen-bond donors (Lipinski definition) is 2. The van der Waals surface area contributed by atoms with Crippen LogP contribution in [0.5, 0.6) is 0 Å². The third-order valence-corrected chi connectivity index (χ3v) is 4.66. The van der Waals surface area contributed by atoms with Gasteiger partial charge in [-0.15, -0.1) is 11.8 Å². The molecular formula is C14H21NOS. The lowest BCUT2D eigenvalue weighted by Gasteiger charge is -2.47. The van der Waals surface area contributed by atoms with Crippen molar-refractivity contribution in [3.8, 4) is 0 Å². The van der Waals surface area contributed by atoms with E-state index in [1.807, 2.05) is 0 Å². The summed E-state index contributed by atoms with van der Waals surface area (Å²) in [5.41, 5.74) is 0.197. The van der Waals surface area contributed by atoms with E-state index in [1.54, 1.807) is 11.8 Å². The van der Waals surface area contributed by atoms with E-state index in [-0.39, 0.29) is 5.41 Å². The molecule has 1 heterocycles. The van der Waals surface area contributed by atoms with E-state index in [9.17, 15) is 5.11 Å². The summed E-state index contributed by atoms with van der Waals surface area (Å²) in [4.78, 5) is 1.24. The second-order valence-electron chi connectivity index (χ2n) is 5.40. The fraction of sp³-hybridized carbons (Fsp3) is 0.571. The van der Waals surface area contributed by atoms with Gasteiger partial charge in [0.05, 0.1) is 5.60 Å². The lowest BCUT2D eigenvalue weighted by atomic mass is 9.67. The van der Waals surface area contributed by atoms with Crippen molar-refractivity contribution in [3.05, 3.63) is 29.8 Å². The number of thioether (sulfide) groups is 1. The van der Waals surface area contributed by atoms with Crippen molar-refractivity contribution in [1.29, 1.82) is 0 Å². The quantitative estimate of drug-likeness (QED) is 0.793. The van der Waals surface area contributed by atoms with Gasteiger partial charge in [-0.2, -0.15) is 0 Å². The highest BCUT2D eigenvalue weighted by Gasteiger charge is 2.46. The molecule has 0 aromatic heterocycles. The summed E-state index contributed by atoms with van der Waals surface area (Å²) in [5.74, 6) is 0. The number of aliphatic hydroxyl groups is 1. The van der Waals surface area contributed by atoms with Crippen molar-refractivity contribution in [2.24, 2.45) is 5.41 Å². The zero-order chi connectivity index (χ0) is 12.5. The second kappa shape index (κ2) is 4.63. The van der Waals surface area contributed by atoms with Gasteiger partial charge in [0.25, 0.3) is 0 Å². The molecule has 2 rings (SSSR count). The number of piperidine rings is 1. The molecule has 0 bridgehead atoms. The van der Waals surface area contributed by atoms with Crippen molar-refractivity contribution in [3.63, 3.8) is 0 Å². The molecule has 1 unspecified atom stereocenters. The van der Waals surface area contributed by atoms with E-state index in [1.165, 1.54) is 4.90 Å². The van der Waals surface area contributed by atoms with Crippen molar-refractivity contribution in [2.45, 2.75) is 30.8 Å². The Bertz CT molecular complexity index is 388. The third kappa shape index (κ3) is 2.24. The van der Waals surface area contributed by atoms with Gasteiger partial charge in [-0.25, -0.2) is 0 Å². The van der Waals surface area contributed by atoms with E-state index in [2.05, 4.69) is 49.7 Å². The van der Waals surface area contributed by atoms with Crippen molar-refractivity contribution >= 4 is 11.8 Å². The topological polar surface area (TPSA) is 32.3 Å². The molecule has 2 N–H and O–H groups in total. The SMILES string of the molecule is CSc1ccc(C2(O)CCNCC2(C)C)cc1. The first kappa shape index (κ1) is 12.9. The van der Waals surface area contributed by atoms with Gasteiger partial charge in [0, 0.05) is 16.9 Å². The molecule has 0 amide bonds. The molecule has 1 aliphatic heterocycles. The van der Waals surface area contributed by atoms with Crippen LogP contribution in [0.1, 0.15) is 25.8 Å². The highest BCUT2D eigenvalue weighted by molar-refractivity contribution is 7.98. The van der Waals surface area contributed by atoms with Crippen LogP contribution in [0.25, 0.3) is 0 Å². The normalized spacial score (nSPS) is 28.0. The zero-order valence-corrected chi connectivity index (χ0v) is 11.6. The molecule has 1 aromatic carbocycles. The smallest absolute Gasteiger partial charge is 0.0971 e. The maximum atomic E-state index is 11.0. The minimum atomic E-state index is -0.713. The predicted molar refractivity (Wildman–Crippen MR) is 73.4 cm³/mol. The van der Waals surface area contributed by atoms with Crippen LogP contribution >= 0.6 is 11.8 Å². The number of rotatable bonds is 2. The summed E-state index contributed by atoms with van der Waals surface area (Å²) in [6, 6.07) is 8.32. The Balaban J connectivity index is 2.35. The molecule has 94 valence electrons. The molecule has 1 atom stereocenters. The van der Waals surface area contributed by atoms with Crippen LogP contribution in [-0.2, 0) is 5.60 Å². The number of hydrogen-bond acceptors (Lipinski definition) is 3. The Morgan fingerprint density at radius 2 is 1.88 bits per heavy atom. The number of benzene rings is 1.